The predicted octanol–water partition coefficient (Wildman–Crippen LogP) is -3.00. The van der Waals surface area contributed by atoms with Crippen molar-refractivity contribution >= 4 is 17.2 Å². The van der Waals surface area contributed by atoms with Gasteiger partial charge < -0.3 is 23.0 Å². The third kappa shape index (κ3) is 2.29. The van der Waals surface area contributed by atoms with Crippen molar-refractivity contribution in [2.24, 2.45) is 0 Å². The molecular formula is C7H15ClN2S. The second-order valence-corrected chi connectivity index (χ2v) is 4.45. The van der Waals surface area contributed by atoms with Gasteiger partial charge in [-0.3, -0.25) is 0 Å². The molecule has 3 N–H and O–H groups in total. The number of thiocarbonyl (C=S) groups is 1. The highest BCUT2D eigenvalue weighted by Gasteiger charge is 2.43. The summed E-state index contributed by atoms with van der Waals surface area (Å²) in [6.45, 7) is 8.54. The van der Waals surface area contributed by atoms with Gasteiger partial charge in [0, 0.05) is 13.8 Å². The maximum Gasteiger partial charge on any atom is 0.164 e. The fourth-order valence-corrected chi connectivity index (χ4v) is 1.78. The number of nitrogens with one attached hydrogen (secondary N) is 1. The fourth-order valence-electron chi connectivity index (χ4n) is 1.46. The number of rotatable bonds is 0. The van der Waals surface area contributed by atoms with Crippen molar-refractivity contribution in [1.29, 1.82) is 0 Å². The van der Waals surface area contributed by atoms with Gasteiger partial charge in [0.1, 0.15) is 10.5 Å². The monoisotopic (exact) mass is 194 g/mol. The maximum absolute atomic E-state index is 5.16. The Morgan fingerprint density at radius 2 is 1.73 bits per heavy atom. The van der Waals surface area contributed by atoms with Gasteiger partial charge in [-0.05, 0) is 13.8 Å². The zero-order valence-corrected chi connectivity index (χ0v) is 8.94. The summed E-state index contributed by atoms with van der Waals surface area (Å²) in [6.07, 6.45) is 0. The lowest BCUT2D eigenvalue weighted by Gasteiger charge is -2.18. The van der Waals surface area contributed by atoms with Crippen LogP contribution in [-0.2, 0) is 0 Å². The Hall–Kier alpha value is 0.140. The van der Waals surface area contributed by atoms with Crippen LogP contribution in [0.1, 0.15) is 27.7 Å². The quantitative estimate of drug-likeness (QED) is 0.403. The molecule has 0 radical (unpaired) electrons. The summed E-state index contributed by atoms with van der Waals surface area (Å²) in [6, 6.07) is 0. The van der Waals surface area contributed by atoms with Gasteiger partial charge in [-0.2, -0.15) is 0 Å². The van der Waals surface area contributed by atoms with Crippen LogP contribution in [0.15, 0.2) is 0 Å². The van der Waals surface area contributed by atoms with Crippen LogP contribution in [0.2, 0.25) is 0 Å². The summed E-state index contributed by atoms with van der Waals surface area (Å²) in [4.78, 5) is 0.956. The van der Waals surface area contributed by atoms with Crippen molar-refractivity contribution < 1.29 is 17.7 Å². The van der Waals surface area contributed by atoms with Gasteiger partial charge in [0.2, 0.25) is 0 Å². The van der Waals surface area contributed by atoms with Crippen molar-refractivity contribution in [3.8, 4) is 0 Å². The minimum Gasteiger partial charge on any atom is -1.00 e. The summed E-state index contributed by atoms with van der Waals surface area (Å²) in [7, 11) is 0. The Bertz CT molecular complexity index is 177. The van der Waals surface area contributed by atoms with E-state index in [2.05, 4.69) is 38.3 Å². The van der Waals surface area contributed by atoms with Crippen LogP contribution in [0.25, 0.3) is 0 Å². The SMILES string of the molecule is CC1(C)NC(=S)C(C)(C)[NH2+]1.[Cl-]. The summed E-state index contributed by atoms with van der Waals surface area (Å²) >= 11 is 5.16. The molecule has 0 atom stereocenters. The van der Waals surface area contributed by atoms with E-state index in [1.165, 1.54) is 0 Å². The lowest BCUT2D eigenvalue weighted by molar-refractivity contribution is -0.752. The van der Waals surface area contributed by atoms with Crippen LogP contribution < -0.4 is 23.0 Å². The summed E-state index contributed by atoms with van der Waals surface area (Å²) in [5.74, 6) is 0. The third-order valence-corrected chi connectivity index (χ3v) is 2.37. The highest BCUT2D eigenvalue weighted by atomic mass is 35.5. The zero-order chi connectivity index (χ0) is 7.99. The van der Waals surface area contributed by atoms with Gasteiger partial charge in [0.25, 0.3) is 0 Å². The Balaban J connectivity index is 0.000001000. The number of hydrogen-bond acceptors (Lipinski definition) is 1. The van der Waals surface area contributed by atoms with Crippen molar-refractivity contribution in [3.05, 3.63) is 0 Å². The first kappa shape index (κ1) is 11.1. The fraction of sp³-hybridized carbons (Fsp3) is 0.857. The topological polar surface area (TPSA) is 28.6 Å². The summed E-state index contributed by atoms with van der Waals surface area (Å²) in [5.41, 5.74) is 0.166. The highest BCUT2D eigenvalue weighted by Crippen LogP contribution is 2.08. The molecule has 0 saturated carbocycles. The minimum atomic E-state index is 0. The number of nitrogens with two attached hydrogens (primary N) is 1. The largest absolute Gasteiger partial charge is 1.00 e. The van der Waals surface area contributed by atoms with Crippen molar-refractivity contribution in [2.75, 3.05) is 0 Å². The molecule has 0 bridgehead atoms. The maximum atomic E-state index is 5.16. The van der Waals surface area contributed by atoms with Crippen molar-refractivity contribution in [1.82, 2.24) is 5.32 Å². The van der Waals surface area contributed by atoms with Gasteiger partial charge in [0.15, 0.2) is 5.66 Å². The van der Waals surface area contributed by atoms with Crippen LogP contribution in [0.5, 0.6) is 0 Å². The van der Waals surface area contributed by atoms with E-state index in [1.807, 2.05) is 0 Å². The molecule has 1 heterocycles. The summed E-state index contributed by atoms with van der Waals surface area (Å²) < 4.78 is 0. The van der Waals surface area contributed by atoms with Gasteiger partial charge in [-0.25, -0.2) is 0 Å². The Morgan fingerprint density at radius 1 is 1.27 bits per heavy atom. The Kier molecular flexibility index (Phi) is 2.92. The molecule has 0 unspecified atom stereocenters. The van der Waals surface area contributed by atoms with E-state index < -0.39 is 0 Å². The molecule has 2 nitrogen and oxygen atoms in total. The number of quaternary nitrogens is 1. The van der Waals surface area contributed by atoms with Crippen LogP contribution in [-0.4, -0.2) is 16.2 Å². The average molecular weight is 195 g/mol. The molecule has 1 aliphatic rings. The number of hydrogen-bond donors (Lipinski definition) is 2. The van der Waals surface area contributed by atoms with Gasteiger partial charge in [-0.1, -0.05) is 12.2 Å². The van der Waals surface area contributed by atoms with Crippen molar-refractivity contribution in [2.45, 2.75) is 38.9 Å². The average Bonchev–Trinajstić information content (AvgIpc) is 1.73. The molecule has 4 heteroatoms. The molecule has 11 heavy (non-hydrogen) atoms. The molecule has 1 fully saturated rings. The zero-order valence-electron chi connectivity index (χ0n) is 7.36. The van der Waals surface area contributed by atoms with Crippen LogP contribution in [0.4, 0.5) is 0 Å². The van der Waals surface area contributed by atoms with E-state index in [1.54, 1.807) is 0 Å². The highest BCUT2D eigenvalue weighted by molar-refractivity contribution is 7.80. The first-order chi connectivity index (χ1) is 4.33. The first-order valence-electron chi connectivity index (χ1n) is 3.53. The Morgan fingerprint density at radius 3 is 1.82 bits per heavy atom. The predicted molar refractivity (Wildman–Crippen MR) is 45.8 cm³/mol. The Labute approximate surface area is 79.5 Å². The smallest absolute Gasteiger partial charge is 0.164 e. The van der Waals surface area contributed by atoms with Crippen LogP contribution in [0, 0.1) is 0 Å². The van der Waals surface area contributed by atoms with E-state index >= 15 is 0 Å². The molecule has 0 aromatic rings. The normalized spacial score (nSPS) is 25.6. The van der Waals surface area contributed by atoms with E-state index in [4.69, 9.17) is 12.2 Å². The van der Waals surface area contributed by atoms with E-state index in [0.29, 0.717) is 0 Å². The molecule has 0 aromatic carbocycles. The van der Waals surface area contributed by atoms with Gasteiger partial charge in [0.05, 0.1) is 0 Å². The van der Waals surface area contributed by atoms with E-state index in [0.717, 1.165) is 4.99 Å². The van der Waals surface area contributed by atoms with Crippen molar-refractivity contribution in [3.63, 3.8) is 0 Å². The first-order valence-corrected chi connectivity index (χ1v) is 3.94. The van der Waals surface area contributed by atoms with E-state index in [9.17, 15) is 0 Å². The minimum absolute atomic E-state index is 0. The van der Waals surface area contributed by atoms with E-state index in [-0.39, 0.29) is 23.6 Å². The second kappa shape index (κ2) is 2.88. The van der Waals surface area contributed by atoms with Gasteiger partial charge in [-0.15, -0.1) is 0 Å². The lowest BCUT2D eigenvalue weighted by Crippen LogP contribution is -3.01. The standard InChI is InChI=1S/C7H14N2S.ClH/c1-6(2)5(10)8-7(3,4)9-6;/h9H,1-4H3,(H,8,10);1H. The molecule has 1 saturated heterocycles. The molecule has 1 aliphatic heterocycles. The summed E-state index contributed by atoms with van der Waals surface area (Å²) in [5, 5.41) is 5.51. The molecule has 66 valence electrons. The second-order valence-electron chi connectivity index (χ2n) is 4.04. The molecule has 0 aromatic heterocycles. The molecule has 0 amide bonds. The van der Waals surface area contributed by atoms with Crippen LogP contribution >= 0.6 is 12.2 Å². The molecule has 0 aliphatic carbocycles. The molecular weight excluding hydrogens is 180 g/mol. The lowest BCUT2D eigenvalue weighted by atomic mass is 10.1. The van der Waals surface area contributed by atoms with Gasteiger partial charge >= 0.3 is 0 Å². The van der Waals surface area contributed by atoms with Crippen LogP contribution in [0.3, 0.4) is 0 Å². The molecule has 1 rings (SSSR count). The third-order valence-electron chi connectivity index (χ3n) is 1.74. The number of halogens is 1. The molecule has 0 spiro atoms.